The lowest BCUT2D eigenvalue weighted by Crippen LogP contribution is -2.26. The van der Waals surface area contributed by atoms with E-state index in [1.165, 1.54) is 11.8 Å². The Hall–Kier alpha value is -0.970. The highest BCUT2D eigenvalue weighted by Crippen LogP contribution is 1.98. The lowest BCUT2D eigenvalue weighted by Gasteiger charge is -2.02. The second-order valence-electron chi connectivity index (χ2n) is 2.65. The summed E-state index contributed by atoms with van der Waals surface area (Å²) in [7, 11) is 0. The Bertz CT molecular complexity index is 206. The van der Waals surface area contributed by atoms with Crippen LogP contribution in [0.1, 0.15) is 12.8 Å². The van der Waals surface area contributed by atoms with Crippen LogP contribution in [0.25, 0.3) is 0 Å². The van der Waals surface area contributed by atoms with Crippen molar-refractivity contribution in [3.63, 3.8) is 0 Å². The van der Waals surface area contributed by atoms with Crippen molar-refractivity contribution in [2.24, 2.45) is 0 Å². The van der Waals surface area contributed by atoms with Crippen LogP contribution >= 0.6 is 11.8 Å². The second-order valence-corrected chi connectivity index (χ2v) is 3.68. The van der Waals surface area contributed by atoms with Crippen molar-refractivity contribution in [2.75, 3.05) is 18.1 Å². The number of carbonyl (C=O) groups excluding carboxylic acids is 1. The molecule has 0 heterocycles. The summed E-state index contributed by atoms with van der Waals surface area (Å²) in [6.07, 6.45) is 2.32. The van der Waals surface area contributed by atoms with E-state index in [0.717, 1.165) is 5.75 Å². The van der Waals surface area contributed by atoms with Gasteiger partial charge in [-0.2, -0.15) is 0 Å². The molecule has 2 N–H and O–H groups in total. The van der Waals surface area contributed by atoms with Gasteiger partial charge < -0.3 is 10.4 Å². The number of carboxylic acids is 1. The molecule has 0 aromatic rings. The molecule has 0 saturated heterocycles. The molecule has 0 aromatic carbocycles. The lowest BCUT2D eigenvalue weighted by atomic mass is 10.3. The molecular weight excluding hydrogens is 202 g/mol. The van der Waals surface area contributed by atoms with Crippen molar-refractivity contribution in [1.29, 1.82) is 0 Å². The zero-order chi connectivity index (χ0) is 10.8. The van der Waals surface area contributed by atoms with Crippen LogP contribution in [0.3, 0.4) is 0 Å². The number of rotatable bonds is 8. The van der Waals surface area contributed by atoms with Gasteiger partial charge in [0.05, 0.1) is 5.75 Å². The Balaban J connectivity index is 3.26. The summed E-state index contributed by atoms with van der Waals surface area (Å²) in [5, 5.41) is 11.0. The van der Waals surface area contributed by atoms with E-state index in [-0.39, 0.29) is 12.3 Å². The first-order valence-corrected chi connectivity index (χ1v) is 5.49. The first-order chi connectivity index (χ1) is 6.66. The second kappa shape index (κ2) is 8.62. The molecule has 0 saturated carbocycles. The number of hydrogen-bond donors (Lipinski definition) is 2. The molecule has 0 aliphatic carbocycles. The van der Waals surface area contributed by atoms with Crippen molar-refractivity contribution in [3.8, 4) is 0 Å². The third-order valence-corrected chi connectivity index (χ3v) is 2.30. The lowest BCUT2D eigenvalue weighted by molar-refractivity contribution is -0.137. The molecule has 80 valence electrons. The number of amides is 1. The standard InChI is InChI=1S/C9H15NO3S/c1-2-6-14-7-8(11)10-5-3-4-9(12)13/h2H,1,3-7H2,(H,10,11)(H,12,13). The Morgan fingerprint density at radius 3 is 2.79 bits per heavy atom. The average molecular weight is 217 g/mol. The monoisotopic (exact) mass is 217 g/mol. The summed E-state index contributed by atoms with van der Waals surface area (Å²) in [6, 6.07) is 0. The van der Waals surface area contributed by atoms with E-state index in [2.05, 4.69) is 11.9 Å². The van der Waals surface area contributed by atoms with E-state index in [9.17, 15) is 9.59 Å². The number of hydrogen-bond acceptors (Lipinski definition) is 3. The van der Waals surface area contributed by atoms with Crippen LogP contribution in [0, 0.1) is 0 Å². The number of carboxylic acid groups (broad SMARTS) is 1. The van der Waals surface area contributed by atoms with Gasteiger partial charge in [0.2, 0.25) is 5.91 Å². The minimum Gasteiger partial charge on any atom is -0.481 e. The molecule has 0 rings (SSSR count). The van der Waals surface area contributed by atoms with E-state index in [4.69, 9.17) is 5.11 Å². The molecule has 0 unspecified atom stereocenters. The van der Waals surface area contributed by atoms with E-state index < -0.39 is 5.97 Å². The van der Waals surface area contributed by atoms with E-state index in [1.807, 2.05) is 0 Å². The predicted octanol–water partition coefficient (Wildman–Crippen LogP) is 0.887. The Morgan fingerprint density at radius 1 is 1.50 bits per heavy atom. The Morgan fingerprint density at radius 2 is 2.21 bits per heavy atom. The number of aliphatic carboxylic acids is 1. The van der Waals surface area contributed by atoms with Gasteiger partial charge in [-0.3, -0.25) is 9.59 Å². The smallest absolute Gasteiger partial charge is 0.303 e. The maximum atomic E-state index is 11.0. The predicted molar refractivity (Wildman–Crippen MR) is 57.4 cm³/mol. The van der Waals surface area contributed by atoms with Crippen molar-refractivity contribution < 1.29 is 14.7 Å². The highest BCUT2D eigenvalue weighted by Gasteiger charge is 2.00. The quantitative estimate of drug-likeness (QED) is 0.468. The maximum absolute atomic E-state index is 11.0. The van der Waals surface area contributed by atoms with Crippen LogP contribution in [-0.2, 0) is 9.59 Å². The molecule has 0 atom stereocenters. The van der Waals surface area contributed by atoms with Crippen molar-refractivity contribution >= 4 is 23.6 Å². The Kier molecular flexibility index (Phi) is 8.02. The van der Waals surface area contributed by atoms with Crippen molar-refractivity contribution in [1.82, 2.24) is 5.32 Å². The van der Waals surface area contributed by atoms with Crippen LogP contribution < -0.4 is 5.32 Å². The molecule has 0 bridgehead atoms. The molecule has 0 spiro atoms. The van der Waals surface area contributed by atoms with Crippen LogP contribution in [0.2, 0.25) is 0 Å². The van der Waals surface area contributed by atoms with E-state index >= 15 is 0 Å². The van der Waals surface area contributed by atoms with E-state index in [0.29, 0.717) is 18.7 Å². The van der Waals surface area contributed by atoms with Gasteiger partial charge in [-0.1, -0.05) is 6.08 Å². The number of thioether (sulfide) groups is 1. The van der Waals surface area contributed by atoms with Crippen molar-refractivity contribution in [3.05, 3.63) is 12.7 Å². The molecule has 1 amide bonds. The largest absolute Gasteiger partial charge is 0.481 e. The fraction of sp³-hybridized carbons (Fsp3) is 0.556. The first-order valence-electron chi connectivity index (χ1n) is 4.34. The molecule has 0 aliphatic rings. The number of carbonyl (C=O) groups is 2. The highest BCUT2D eigenvalue weighted by molar-refractivity contribution is 8.00. The van der Waals surface area contributed by atoms with Gasteiger partial charge in [0.15, 0.2) is 0 Å². The van der Waals surface area contributed by atoms with Crippen molar-refractivity contribution in [2.45, 2.75) is 12.8 Å². The van der Waals surface area contributed by atoms with Gasteiger partial charge >= 0.3 is 5.97 Å². The average Bonchev–Trinajstić information content (AvgIpc) is 2.13. The fourth-order valence-electron chi connectivity index (χ4n) is 0.753. The van der Waals surface area contributed by atoms with Gasteiger partial charge in [-0.15, -0.1) is 18.3 Å². The minimum atomic E-state index is -0.833. The zero-order valence-corrected chi connectivity index (χ0v) is 8.81. The summed E-state index contributed by atoms with van der Waals surface area (Å²) in [6.45, 7) is 3.96. The SMILES string of the molecule is C=CCSCC(=O)NCCCC(=O)O. The fourth-order valence-corrected chi connectivity index (χ4v) is 1.33. The van der Waals surface area contributed by atoms with Gasteiger partial charge in [0, 0.05) is 18.7 Å². The molecule has 0 aliphatic heterocycles. The van der Waals surface area contributed by atoms with E-state index in [1.54, 1.807) is 6.08 Å². The van der Waals surface area contributed by atoms with Gasteiger partial charge in [-0.05, 0) is 6.42 Å². The summed E-state index contributed by atoms with van der Waals surface area (Å²) in [5.41, 5.74) is 0. The maximum Gasteiger partial charge on any atom is 0.303 e. The van der Waals surface area contributed by atoms with Crippen LogP contribution in [0.15, 0.2) is 12.7 Å². The molecule has 5 heteroatoms. The van der Waals surface area contributed by atoms with Gasteiger partial charge in [-0.25, -0.2) is 0 Å². The minimum absolute atomic E-state index is 0.0535. The molecule has 4 nitrogen and oxygen atoms in total. The molecule has 0 radical (unpaired) electrons. The zero-order valence-electron chi connectivity index (χ0n) is 7.99. The van der Waals surface area contributed by atoms with Crippen LogP contribution in [0.5, 0.6) is 0 Å². The number of nitrogens with one attached hydrogen (secondary N) is 1. The summed E-state index contributed by atoms with van der Waals surface area (Å²) < 4.78 is 0. The summed E-state index contributed by atoms with van der Waals surface area (Å²) in [4.78, 5) is 21.2. The van der Waals surface area contributed by atoms with Gasteiger partial charge in [0.1, 0.15) is 0 Å². The highest BCUT2D eigenvalue weighted by atomic mass is 32.2. The third-order valence-electron chi connectivity index (χ3n) is 1.36. The Labute approximate surface area is 87.8 Å². The third kappa shape index (κ3) is 9.12. The molecule has 0 fully saturated rings. The summed E-state index contributed by atoms with van der Waals surface area (Å²) in [5.74, 6) is 0.268. The van der Waals surface area contributed by atoms with Crippen LogP contribution in [-0.4, -0.2) is 35.0 Å². The van der Waals surface area contributed by atoms with Crippen LogP contribution in [0.4, 0.5) is 0 Å². The molecule has 0 aromatic heterocycles. The molecule has 14 heavy (non-hydrogen) atoms. The normalized spacial score (nSPS) is 9.43. The molecular formula is C9H15NO3S. The topological polar surface area (TPSA) is 66.4 Å². The first kappa shape index (κ1) is 13.0. The summed E-state index contributed by atoms with van der Waals surface area (Å²) >= 11 is 1.48. The van der Waals surface area contributed by atoms with Gasteiger partial charge in [0.25, 0.3) is 0 Å².